The second-order valence-electron chi connectivity index (χ2n) is 10.6. The predicted octanol–water partition coefficient (Wildman–Crippen LogP) is 9.88. The van der Waals surface area contributed by atoms with Gasteiger partial charge in [0.15, 0.2) is 17.5 Å². The summed E-state index contributed by atoms with van der Waals surface area (Å²) in [4.78, 5) is 24.5. The summed E-state index contributed by atoms with van der Waals surface area (Å²) in [5, 5.41) is 0.985. The Morgan fingerprint density at radius 3 is 1.58 bits per heavy atom. The zero-order chi connectivity index (χ0) is 30.0. The summed E-state index contributed by atoms with van der Waals surface area (Å²) in [7, 11) is 0. The van der Waals surface area contributed by atoms with Gasteiger partial charge in [-0.05, 0) is 29.3 Å². The van der Waals surface area contributed by atoms with E-state index in [-0.39, 0.29) is 0 Å². The third kappa shape index (κ3) is 5.28. The molecule has 0 saturated carbocycles. The van der Waals surface area contributed by atoms with Crippen LogP contribution in [0.3, 0.4) is 0 Å². The average molecular weight is 596 g/mol. The minimum Gasteiger partial charge on any atom is -0.264 e. The van der Waals surface area contributed by atoms with Crippen molar-refractivity contribution in [2.75, 3.05) is 0 Å². The van der Waals surface area contributed by atoms with Crippen LogP contribution in [0.15, 0.2) is 152 Å². The Balaban J connectivity index is 1.34. The Morgan fingerprint density at radius 2 is 0.956 bits per heavy atom. The second-order valence-corrected chi connectivity index (χ2v) is 11.6. The molecule has 0 spiro atoms. The maximum Gasteiger partial charge on any atom is 0.164 e. The van der Waals surface area contributed by atoms with E-state index < -0.39 is 0 Å². The number of nitrogens with zero attached hydrogens (tertiary/aromatic N) is 5. The van der Waals surface area contributed by atoms with Gasteiger partial charge < -0.3 is 0 Å². The topological polar surface area (TPSA) is 64.5 Å². The standard InChI is InChI=1S/C39H25N5S/c1-4-13-26(14-5-1)36-42-37(27-15-6-2-7-16-27)44-38(43-36)32-21-11-10-20-31(32)30-23-33(29-19-12-22-40-25-29)35-34(24-30)45-39(41-35)28-17-8-3-9-18-28/h1-25H. The molecule has 45 heavy (non-hydrogen) atoms. The summed E-state index contributed by atoms with van der Waals surface area (Å²) in [5.41, 5.74) is 9.02. The van der Waals surface area contributed by atoms with E-state index in [2.05, 4.69) is 53.5 Å². The zero-order valence-electron chi connectivity index (χ0n) is 24.1. The van der Waals surface area contributed by atoms with Crippen LogP contribution in [0, 0.1) is 0 Å². The van der Waals surface area contributed by atoms with E-state index in [0.29, 0.717) is 17.5 Å². The SMILES string of the molecule is c1ccc(-c2nc(-c3ccccc3)nc(-c3ccccc3-c3cc(-c4cccnc4)c4nc(-c5ccccc5)sc4c3)n2)cc1. The first-order chi connectivity index (χ1) is 22.3. The van der Waals surface area contributed by atoms with Crippen molar-refractivity contribution in [3.8, 4) is 67.0 Å². The Hall–Kier alpha value is -5.85. The van der Waals surface area contributed by atoms with Crippen molar-refractivity contribution >= 4 is 21.6 Å². The first kappa shape index (κ1) is 26.8. The number of pyridine rings is 1. The molecule has 0 saturated heterocycles. The van der Waals surface area contributed by atoms with Gasteiger partial charge in [0, 0.05) is 45.8 Å². The first-order valence-corrected chi connectivity index (χ1v) is 15.5. The van der Waals surface area contributed by atoms with Crippen LogP contribution < -0.4 is 0 Å². The first-order valence-electron chi connectivity index (χ1n) is 14.7. The maximum atomic E-state index is 5.12. The van der Waals surface area contributed by atoms with Crippen molar-refractivity contribution in [3.05, 3.63) is 152 Å². The van der Waals surface area contributed by atoms with Crippen LogP contribution in [0.25, 0.3) is 77.2 Å². The van der Waals surface area contributed by atoms with Crippen LogP contribution in [0.2, 0.25) is 0 Å². The molecule has 0 atom stereocenters. The van der Waals surface area contributed by atoms with Gasteiger partial charge in [-0.3, -0.25) is 4.98 Å². The van der Waals surface area contributed by atoms with Gasteiger partial charge in [-0.25, -0.2) is 19.9 Å². The van der Waals surface area contributed by atoms with Crippen LogP contribution in [-0.2, 0) is 0 Å². The van der Waals surface area contributed by atoms with Crippen molar-refractivity contribution in [1.29, 1.82) is 0 Å². The molecule has 0 aliphatic carbocycles. The lowest BCUT2D eigenvalue weighted by atomic mass is 9.95. The molecule has 0 aliphatic heterocycles. The highest BCUT2D eigenvalue weighted by molar-refractivity contribution is 7.21. The fraction of sp³-hybridized carbons (Fsp3) is 0. The van der Waals surface area contributed by atoms with Crippen LogP contribution in [0.4, 0.5) is 0 Å². The van der Waals surface area contributed by atoms with Gasteiger partial charge in [-0.2, -0.15) is 0 Å². The van der Waals surface area contributed by atoms with Gasteiger partial charge in [0.2, 0.25) is 0 Å². The van der Waals surface area contributed by atoms with Crippen molar-refractivity contribution in [1.82, 2.24) is 24.9 Å². The molecule has 0 radical (unpaired) electrons. The molecule has 6 heteroatoms. The van der Waals surface area contributed by atoms with E-state index in [1.54, 1.807) is 17.5 Å². The van der Waals surface area contributed by atoms with Gasteiger partial charge >= 0.3 is 0 Å². The predicted molar refractivity (Wildman–Crippen MR) is 183 cm³/mol. The molecule has 8 rings (SSSR count). The summed E-state index contributed by atoms with van der Waals surface area (Å²) in [6.45, 7) is 0. The van der Waals surface area contributed by atoms with Gasteiger partial charge in [0.1, 0.15) is 5.01 Å². The molecule has 0 bridgehead atoms. The molecule has 0 N–H and O–H groups in total. The van der Waals surface area contributed by atoms with E-state index in [0.717, 1.165) is 59.7 Å². The Morgan fingerprint density at radius 1 is 0.400 bits per heavy atom. The number of hydrogen-bond donors (Lipinski definition) is 0. The van der Waals surface area contributed by atoms with Gasteiger partial charge in [-0.15, -0.1) is 11.3 Å². The van der Waals surface area contributed by atoms with Crippen molar-refractivity contribution in [2.45, 2.75) is 0 Å². The molecule has 8 aromatic rings. The molecular weight excluding hydrogens is 571 g/mol. The summed E-state index contributed by atoms with van der Waals surface area (Å²) in [6.07, 6.45) is 3.70. The Labute approximate surface area is 264 Å². The van der Waals surface area contributed by atoms with E-state index in [1.165, 1.54) is 0 Å². The second kappa shape index (κ2) is 11.7. The number of hydrogen-bond acceptors (Lipinski definition) is 6. The molecule has 3 heterocycles. The van der Waals surface area contributed by atoms with E-state index >= 15 is 0 Å². The third-order valence-corrected chi connectivity index (χ3v) is 8.72. The number of thiazole rings is 1. The number of fused-ring (bicyclic) bond motifs is 1. The zero-order valence-corrected chi connectivity index (χ0v) is 24.9. The van der Waals surface area contributed by atoms with E-state index in [9.17, 15) is 0 Å². The average Bonchev–Trinajstić information content (AvgIpc) is 3.57. The van der Waals surface area contributed by atoms with Gasteiger partial charge in [-0.1, -0.05) is 121 Å². The number of aromatic nitrogens is 5. The van der Waals surface area contributed by atoms with E-state index in [1.807, 2.05) is 97.2 Å². The molecule has 0 unspecified atom stereocenters. The number of rotatable bonds is 6. The van der Waals surface area contributed by atoms with Crippen LogP contribution in [0.5, 0.6) is 0 Å². The smallest absolute Gasteiger partial charge is 0.164 e. The lowest BCUT2D eigenvalue weighted by Gasteiger charge is -2.13. The molecule has 0 amide bonds. The quantitative estimate of drug-likeness (QED) is 0.191. The summed E-state index contributed by atoms with van der Waals surface area (Å²) in [5.74, 6) is 1.89. The van der Waals surface area contributed by atoms with Crippen molar-refractivity contribution in [2.24, 2.45) is 0 Å². The molecular formula is C39H25N5S. The highest BCUT2D eigenvalue weighted by Crippen LogP contribution is 2.41. The number of benzene rings is 5. The lowest BCUT2D eigenvalue weighted by molar-refractivity contribution is 1.07. The fourth-order valence-electron chi connectivity index (χ4n) is 5.49. The fourth-order valence-corrected chi connectivity index (χ4v) is 6.53. The normalized spacial score (nSPS) is 11.1. The minimum absolute atomic E-state index is 0.621. The molecule has 5 aromatic carbocycles. The van der Waals surface area contributed by atoms with Gasteiger partial charge in [0.25, 0.3) is 0 Å². The molecule has 5 nitrogen and oxygen atoms in total. The highest BCUT2D eigenvalue weighted by atomic mass is 32.1. The molecule has 212 valence electrons. The van der Waals surface area contributed by atoms with Crippen LogP contribution in [-0.4, -0.2) is 24.9 Å². The monoisotopic (exact) mass is 595 g/mol. The molecule has 3 aromatic heterocycles. The Bertz CT molecular complexity index is 2190. The van der Waals surface area contributed by atoms with Crippen molar-refractivity contribution in [3.63, 3.8) is 0 Å². The summed E-state index contributed by atoms with van der Waals surface area (Å²) >= 11 is 1.70. The maximum absolute atomic E-state index is 5.12. The largest absolute Gasteiger partial charge is 0.264 e. The molecule has 0 aliphatic rings. The Kier molecular flexibility index (Phi) is 6.94. The van der Waals surface area contributed by atoms with Gasteiger partial charge in [0.05, 0.1) is 10.2 Å². The van der Waals surface area contributed by atoms with Crippen molar-refractivity contribution < 1.29 is 0 Å². The van der Waals surface area contributed by atoms with Crippen LogP contribution >= 0.6 is 11.3 Å². The minimum atomic E-state index is 0.621. The summed E-state index contributed by atoms with van der Waals surface area (Å²) < 4.78 is 1.10. The highest BCUT2D eigenvalue weighted by Gasteiger charge is 2.19. The van der Waals surface area contributed by atoms with Crippen LogP contribution in [0.1, 0.15) is 0 Å². The summed E-state index contributed by atoms with van der Waals surface area (Å²) in [6, 6.07) is 47.3. The molecule has 0 fully saturated rings. The lowest BCUT2D eigenvalue weighted by Crippen LogP contribution is -2.01. The van der Waals surface area contributed by atoms with E-state index in [4.69, 9.17) is 19.9 Å². The third-order valence-electron chi connectivity index (χ3n) is 7.67.